The second kappa shape index (κ2) is 9.15. The molecule has 174 valence electrons. The summed E-state index contributed by atoms with van der Waals surface area (Å²) in [5.41, 5.74) is 7.36. The van der Waals surface area contributed by atoms with E-state index in [1.165, 1.54) is 22.7 Å². The Morgan fingerprint density at radius 1 is 1.21 bits per heavy atom. The van der Waals surface area contributed by atoms with Crippen molar-refractivity contribution in [3.63, 3.8) is 0 Å². The average molecular weight is 541 g/mol. The Balaban J connectivity index is 1.54. The number of amides is 2. The molecule has 1 atom stereocenters. The number of nitrogens with two attached hydrogens (primary N) is 1. The summed E-state index contributed by atoms with van der Waals surface area (Å²) in [6.45, 7) is 6.71. The molecule has 4 N–H and O–H groups in total. The molecule has 2 amide bonds. The highest BCUT2D eigenvalue weighted by Gasteiger charge is 2.33. The number of anilines is 1. The van der Waals surface area contributed by atoms with Crippen molar-refractivity contribution in [3.8, 4) is 0 Å². The summed E-state index contributed by atoms with van der Waals surface area (Å²) in [7, 11) is 0. The zero-order valence-corrected chi connectivity index (χ0v) is 22.3. The standard InChI is InChI=1S/C23H23Cl2N3O2S3/c1-23(2,3)10-4-6-12-14(8-10)33-21(16(12)19(26)29)28-22(31)27-20(30)18-17(25)13-7-5-11(24)9-15(13)32-18/h5,7,9-10H,4,6,8H2,1-3H3,(H2,26,29)(H2,27,28,30,31)/t10-/m0/s1. The third-order valence-electron chi connectivity index (χ3n) is 5.99. The van der Waals surface area contributed by atoms with Gasteiger partial charge in [0.2, 0.25) is 0 Å². The van der Waals surface area contributed by atoms with Gasteiger partial charge in [-0.15, -0.1) is 22.7 Å². The van der Waals surface area contributed by atoms with Crippen LogP contribution in [0.2, 0.25) is 10.0 Å². The summed E-state index contributed by atoms with van der Waals surface area (Å²) in [6.07, 6.45) is 2.69. The zero-order valence-electron chi connectivity index (χ0n) is 18.3. The van der Waals surface area contributed by atoms with Crippen molar-refractivity contribution in [2.24, 2.45) is 17.1 Å². The summed E-state index contributed by atoms with van der Waals surface area (Å²) in [5.74, 6) is -0.403. The highest BCUT2D eigenvalue weighted by molar-refractivity contribution is 7.80. The Bertz CT molecular complexity index is 1290. The van der Waals surface area contributed by atoms with Crippen LogP contribution in [-0.2, 0) is 12.8 Å². The van der Waals surface area contributed by atoms with Gasteiger partial charge in [0, 0.05) is 20.0 Å². The Labute approximate surface area is 215 Å². The Morgan fingerprint density at radius 3 is 2.61 bits per heavy atom. The summed E-state index contributed by atoms with van der Waals surface area (Å²) in [4.78, 5) is 26.6. The molecule has 2 heterocycles. The topological polar surface area (TPSA) is 84.2 Å². The van der Waals surface area contributed by atoms with Gasteiger partial charge < -0.3 is 11.1 Å². The maximum Gasteiger partial charge on any atom is 0.269 e. The molecular weight excluding hydrogens is 517 g/mol. The third kappa shape index (κ3) is 4.91. The predicted octanol–water partition coefficient (Wildman–Crippen LogP) is 6.65. The Morgan fingerprint density at radius 2 is 1.94 bits per heavy atom. The number of thiocarbonyl (C=S) groups is 1. The van der Waals surface area contributed by atoms with Gasteiger partial charge in [0.1, 0.15) is 9.88 Å². The van der Waals surface area contributed by atoms with Crippen molar-refractivity contribution in [3.05, 3.63) is 49.1 Å². The first-order valence-corrected chi connectivity index (χ1v) is 13.2. The van der Waals surface area contributed by atoms with Crippen LogP contribution in [0.5, 0.6) is 0 Å². The maximum absolute atomic E-state index is 12.9. The van der Waals surface area contributed by atoms with Crippen LogP contribution >= 0.6 is 58.1 Å². The van der Waals surface area contributed by atoms with Crippen molar-refractivity contribution < 1.29 is 9.59 Å². The van der Waals surface area contributed by atoms with Crippen molar-refractivity contribution >= 4 is 90.1 Å². The number of hydrogen-bond donors (Lipinski definition) is 3. The molecule has 0 fully saturated rings. The molecule has 5 nitrogen and oxygen atoms in total. The fraction of sp³-hybridized carbons (Fsp3) is 0.348. The number of rotatable bonds is 3. The van der Waals surface area contributed by atoms with Crippen LogP contribution in [0.3, 0.4) is 0 Å². The average Bonchev–Trinajstić information content (AvgIpc) is 3.23. The van der Waals surface area contributed by atoms with Gasteiger partial charge in [-0.1, -0.05) is 50.0 Å². The Kier molecular flexibility index (Phi) is 6.77. The SMILES string of the molecule is CC(C)(C)[C@H]1CCc2c(sc(NC(=S)NC(=O)c3sc4cc(Cl)ccc4c3Cl)c2C(N)=O)C1. The number of halogens is 2. The van der Waals surface area contributed by atoms with E-state index in [9.17, 15) is 9.59 Å². The second-order valence-corrected chi connectivity index (χ2v) is 12.6. The number of carbonyl (C=O) groups is 2. The number of thiophene rings is 2. The van der Waals surface area contributed by atoms with Gasteiger partial charge in [0.25, 0.3) is 11.8 Å². The van der Waals surface area contributed by atoms with Gasteiger partial charge in [-0.3, -0.25) is 14.9 Å². The first kappa shape index (κ1) is 24.4. The molecule has 33 heavy (non-hydrogen) atoms. The van der Waals surface area contributed by atoms with Gasteiger partial charge in [-0.2, -0.15) is 0 Å². The molecule has 0 aliphatic heterocycles. The van der Waals surface area contributed by atoms with Crippen LogP contribution in [0, 0.1) is 11.3 Å². The normalized spacial score (nSPS) is 15.8. The van der Waals surface area contributed by atoms with E-state index < -0.39 is 11.8 Å². The van der Waals surface area contributed by atoms with E-state index in [0.717, 1.165) is 39.8 Å². The molecule has 1 aliphatic carbocycles. The smallest absolute Gasteiger partial charge is 0.269 e. The number of primary amides is 1. The van der Waals surface area contributed by atoms with Crippen molar-refractivity contribution in [2.45, 2.75) is 40.0 Å². The predicted molar refractivity (Wildman–Crippen MR) is 143 cm³/mol. The lowest BCUT2D eigenvalue weighted by atomic mass is 9.72. The summed E-state index contributed by atoms with van der Waals surface area (Å²) in [6, 6.07) is 5.27. The minimum Gasteiger partial charge on any atom is -0.365 e. The number of nitrogens with one attached hydrogen (secondary N) is 2. The molecular formula is C23H23Cl2N3O2S3. The highest BCUT2D eigenvalue weighted by Crippen LogP contribution is 2.44. The van der Waals surface area contributed by atoms with E-state index in [0.29, 0.717) is 31.4 Å². The van der Waals surface area contributed by atoms with E-state index in [-0.39, 0.29) is 10.5 Å². The van der Waals surface area contributed by atoms with Gasteiger partial charge in [-0.25, -0.2) is 0 Å². The minimum atomic E-state index is -0.497. The van der Waals surface area contributed by atoms with E-state index in [1.54, 1.807) is 18.2 Å². The lowest BCUT2D eigenvalue weighted by Gasteiger charge is -2.33. The number of carbonyl (C=O) groups excluding carboxylic acids is 2. The number of hydrogen-bond acceptors (Lipinski definition) is 5. The van der Waals surface area contributed by atoms with Gasteiger partial charge >= 0.3 is 0 Å². The van der Waals surface area contributed by atoms with Gasteiger partial charge in [-0.05, 0) is 60.5 Å². The lowest BCUT2D eigenvalue weighted by Crippen LogP contribution is -2.34. The molecule has 0 bridgehead atoms. The molecule has 0 spiro atoms. The van der Waals surface area contributed by atoms with Gasteiger partial charge in [0.15, 0.2) is 5.11 Å². The molecule has 1 aliphatic rings. The molecule has 2 aromatic heterocycles. The second-order valence-electron chi connectivity index (χ2n) is 9.17. The molecule has 0 saturated carbocycles. The minimum absolute atomic E-state index is 0.0834. The molecule has 0 saturated heterocycles. The molecule has 1 aromatic carbocycles. The van der Waals surface area contributed by atoms with Crippen LogP contribution < -0.4 is 16.4 Å². The molecule has 0 radical (unpaired) electrons. The highest BCUT2D eigenvalue weighted by atomic mass is 35.5. The van der Waals surface area contributed by atoms with E-state index >= 15 is 0 Å². The van der Waals surface area contributed by atoms with Crippen molar-refractivity contribution in [1.29, 1.82) is 0 Å². The third-order valence-corrected chi connectivity index (χ3v) is 9.25. The molecule has 3 aromatic rings. The van der Waals surface area contributed by atoms with Crippen LogP contribution in [0.4, 0.5) is 5.00 Å². The Hall–Kier alpha value is -1.71. The number of fused-ring (bicyclic) bond motifs is 2. The first-order valence-electron chi connectivity index (χ1n) is 10.4. The van der Waals surface area contributed by atoms with Gasteiger partial charge in [0.05, 0.1) is 10.6 Å². The molecule has 4 rings (SSSR count). The van der Waals surface area contributed by atoms with Crippen LogP contribution in [0.25, 0.3) is 10.1 Å². The van der Waals surface area contributed by atoms with E-state index in [1.807, 2.05) is 0 Å². The number of benzene rings is 1. The van der Waals surface area contributed by atoms with Crippen LogP contribution in [0.15, 0.2) is 18.2 Å². The van der Waals surface area contributed by atoms with Crippen LogP contribution in [0.1, 0.15) is 57.7 Å². The quantitative estimate of drug-likeness (QED) is 0.325. The van der Waals surface area contributed by atoms with E-state index in [4.69, 9.17) is 41.2 Å². The lowest BCUT2D eigenvalue weighted by molar-refractivity contribution is 0.0979. The zero-order chi connectivity index (χ0) is 24.1. The monoisotopic (exact) mass is 539 g/mol. The summed E-state index contributed by atoms with van der Waals surface area (Å²) >= 11 is 20.6. The van der Waals surface area contributed by atoms with Crippen molar-refractivity contribution in [2.75, 3.05) is 5.32 Å². The van der Waals surface area contributed by atoms with E-state index in [2.05, 4.69) is 31.4 Å². The van der Waals surface area contributed by atoms with Crippen LogP contribution in [-0.4, -0.2) is 16.9 Å². The fourth-order valence-electron chi connectivity index (χ4n) is 4.15. The summed E-state index contributed by atoms with van der Waals surface area (Å²) in [5, 5.41) is 8.02. The molecule has 0 unspecified atom stereocenters. The first-order chi connectivity index (χ1) is 15.5. The largest absolute Gasteiger partial charge is 0.365 e. The van der Waals surface area contributed by atoms with Crippen molar-refractivity contribution in [1.82, 2.24) is 5.32 Å². The maximum atomic E-state index is 12.9. The summed E-state index contributed by atoms with van der Waals surface area (Å²) < 4.78 is 0.812. The molecule has 10 heteroatoms. The fourth-order valence-corrected chi connectivity index (χ4v) is 7.44.